The second kappa shape index (κ2) is 10.7. The van der Waals surface area contributed by atoms with Crippen molar-refractivity contribution in [1.82, 2.24) is 0 Å². The van der Waals surface area contributed by atoms with Crippen LogP contribution in [-0.4, -0.2) is 34.5 Å². The molecule has 0 heterocycles. The van der Waals surface area contributed by atoms with Gasteiger partial charge in [-0.05, 0) is 25.7 Å². The van der Waals surface area contributed by atoms with E-state index in [1.807, 2.05) is 32.9 Å². The Kier molecular flexibility index (Phi) is 10.2. The van der Waals surface area contributed by atoms with E-state index in [1.54, 1.807) is 13.8 Å². The van der Waals surface area contributed by atoms with E-state index in [1.165, 1.54) is 0 Å². The molecule has 0 amide bonds. The number of carbonyl (C=O) groups excluding carboxylic acids is 2. The van der Waals surface area contributed by atoms with E-state index in [0.29, 0.717) is 19.3 Å². The predicted octanol–water partition coefficient (Wildman–Crippen LogP) is 2.77. The summed E-state index contributed by atoms with van der Waals surface area (Å²) in [4.78, 5) is 24.5. The molecule has 0 aliphatic heterocycles. The Hall–Kier alpha value is -1.00. The maximum atomic E-state index is 12.7. The smallest absolute Gasteiger partial charge is 0.142 e. The van der Waals surface area contributed by atoms with Crippen molar-refractivity contribution < 1.29 is 19.8 Å². The van der Waals surface area contributed by atoms with Gasteiger partial charge >= 0.3 is 0 Å². The zero-order chi connectivity index (χ0) is 17.3. The molecule has 0 aromatic rings. The van der Waals surface area contributed by atoms with Crippen LogP contribution in [0.25, 0.3) is 0 Å². The monoisotopic (exact) mass is 312 g/mol. The molecule has 0 aromatic carbocycles. The number of allylic oxidation sites excluding steroid dienone is 2. The molecule has 22 heavy (non-hydrogen) atoms. The van der Waals surface area contributed by atoms with Crippen molar-refractivity contribution in [3.63, 3.8) is 0 Å². The highest BCUT2D eigenvalue weighted by Crippen LogP contribution is 2.27. The van der Waals surface area contributed by atoms with Crippen LogP contribution in [0.3, 0.4) is 0 Å². The lowest BCUT2D eigenvalue weighted by molar-refractivity contribution is -0.138. The summed E-state index contributed by atoms with van der Waals surface area (Å²) in [7, 11) is 0. The lowest BCUT2D eigenvalue weighted by Crippen LogP contribution is -2.40. The number of aliphatic hydroxyl groups is 2. The molecule has 0 aliphatic carbocycles. The Labute approximate surface area is 134 Å². The van der Waals surface area contributed by atoms with Crippen molar-refractivity contribution in [3.05, 3.63) is 12.2 Å². The summed E-state index contributed by atoms with van der Waals surface area (Å²) in [5.74, 6) is -1.96. The third-order valence-electron chi connectivity index (χ3n) is 4.56. The van der Waals surface area contributed by atoms with Crippen molar-refractivity contribution in [2.45, 2.75) is 60.0 Å². The topological polar surface area (TPSA) is 74.6 Å². The Morgan fingerprint density at radius 1 is 1.14 bits per heavy atom. The first kappa shape index (κ1) is 21.0. The molecule has 128 valence electrons. The van der Waals surface area contributed by atoms with Crippen molar-refractivity contribution >= 4 is 11.6 Å². The van der Waals surface area contributed by atoms with Crippen LogP contribution < -0.4 is 0 Å². The summed E-state index contributed by atoms with van der Waals surface area (Å²) in [6.45, 7) is 8.81. The van der Waals surface area contributed by atoms with Crippen LogP contribution in [0.4, 0.5) is 0 Å². The van der Waals surface area contributed by atoms with Gasteiger partial charge in [-0.3, -0.25) is 9.59 Å². The molecular weight excluding hydrogens is 280 g/mol. The highest BCUT2D eigenvalue weighted by atomic mass is 16.3. The quantitative estimate of drug-likeness (QED) is 0.575. The molecule has 0 bridgehead atoms. The number of aliphatic hydroxyl groups excluding tert-OH is 2. The third-order valence-corrected chi connectivity index (χ3v) is 4.56. The van der Waals surface area contributed by atoms with E-state index >= 15 is 0 Å². The molecule has 5 atom stereocenters. The lowest BCUT2D eigenvalue weighted by Gasteiger charge is -2.29. The fourth-order valence-corrected chi connectivity index (χ4v) is 2.83. The van der Waals surface area contributed by atoms with Gasteiger partial charge in [0.05, 0.1) is 18.6 Å². The van der Waals surface area contributed by atoms with Crippen LogP contribution in [-0.2, 0) is 9.59 Å². The summed E-state index contributed by atoms with van der Waals surface area (Å²) >= 11 is 0. The van der Waals surface area contributed by atoms with Gasteiger partial charge < -0.3 is 10.2 Å². The van der Waals surface area contributed by atoms with Gasteiger partial charge in [0.15, 0.2) is 0 Å². The molecule has 0 saturated heterocycles. The van der Waals surface area contributed by atoms with E-state index in [2.05, 4.69) is 0 Å². The summed E-state index contributed by atoms with van der Waals surface area (Å²) in [6.07, 6.45) is 4.73. The Balaban J connectivity index is 5.06. The molecule has 1 unspecified atom stereocenters. The van der Waals surface area contributed by atoms with Crippen LogP contribution >= 0.6 is 0 Å². The molecule has 0 aliphatic rings. The average Bonchev–Trinajstić information content (AvgIpc) is 2.52. The molecule has 0 spiro atoms. The van der Waals surface area contributed by atoms with Crippen LogP contribution in [0, 0.1) is 23.7 Å². The van der Waals surface area contributed by atoms with Gasteiger partial charge in [0.2, 0.25) is 0 Å². The van der Waals surface area contributed by atoms with Crippen molar-refractivity contribution in [2.75, 3.05) is 6.61 Å². The predicted molar refractivity (Wildman–Crippen MR) is 88.4 cm³/mol. The Bertz CT molecular complexity index is 375. The van der Waals surface area contributed by atoms with E-state index in [0.717, 1.165) is 0 Å². The lowest BCUT2D eigenvalue weighted by atomic mass is 9.76. The molecule has 0 saturated carbocycles. The number of hydrogen-bond acceptors (Lipinski definition) is 4. The fraction of sp³-hybridized carbons (Fsp3) is 0.778. The van der Waals surface area contributed by atoms with Crippen molar-refractivity contribution in [3.8, 4) is 0 Å². The molecule has 0 fully saturated rings. The van der Waals surface area contributed by atoms with E-state index in [-0.39, 0.29) is 24.1 Å². The molecule has 4 nitrogen and oxygen atoms in total. The van der Waals surface area contributed by atoms with Crippen molar-refractivity contribution in [1.29, 1.82) is 0 Å². The van der Waals surface area contributed by atoms with Gasteiger partial charge in [-0.2, -0.15) is 0 Å². The molecule has 0 rings (SSSR count). The zero-order valence-electron chi connectivity index (χ0n) is 14.6. The summed E-state index contributed by atoms with van der Waals surface area (Å²) in [5.41, 5.74) is 0. The van der Waals surface area contributed by atoms with E-state index in [9.17, 15) is 19.8 Å². The standard InChI is InChI=1S/C18H32O4/c1-6-9-10-12(4)17(21)14(7-2)18(22)13(5)15(11-19)16(20)8-3/h6,9,12-15,17,19,21H,7-8,10-11H2,1-5H3/b9-6+/t12-,13?,14+,15+,17-/m1/s1. The van der Waals surface area contributed by atoms with Crippen LogP contribution in [0.1, 0.15) is 53.9 Å². The normalized spacial score (nSPS) is 18.7. The SMILES string of the molecule is C/C=C/C[C@@H](C)[C@@H](O)[C@H](CC)C(=O)C(C)[C@H](CO)C(=O)CC. The first-order chi connectivity index (χ1) is 10.3. The van der Waals surface area contributed by atoms with E-state index < -0.39 is 23.9 Å². The summed E-state index contributed by atoms with van der Waals surface area (Å²) in [6, 6.07) is 0. The minimum atomic E-state index is -0.729. The van der Waals surface area contributed by atoms with Gasteiger partial charge in [0, 0.05) is 18.3 Å². The number of hydrogen-bond donors (Lipinski definition) is 2. The second-order valence-electron chi connectivity index (χ2n) is 6.09. The molecule has 2 N–H and O–H groups in total. The molecule has 4 heteroatoms. The Morgan fingerprint density at radius 2 is 1.73 bits per heavy atom. The third kappa shape index (κ3) is 5.65. The zero-order valence-corrected chi connectivity index (χ0v) is 14.6. The highest BCUT2D eigenvalue weighted by Gasteiger charge is 2.36. The summed E-state index contributed by atoms with van der Waals surface area (Å²) in [5, 5.41) is 19.9. The van der Waals surface area contributed by atoms with E-state index in [4.69, 9.17) is 0 Å². The maximum Gasteiger partial charge on any atom is 0.142 e. The highest BCUT2D eigenvalue weighted by molar-refractivity contribution is 5.91. The van der Waals surface area contributed by atoms with Gasteiger partial charge in [0.25, 0.3) is 0 Å². The van der Waals surface area contributed by atoms with Gasteiger partial charge in [0.1, 0.15) is 11.6 Å². The van der Waals surface area contributed by atoms with Crippen LogP contribution in [0.5, 0.6) is 0 Å². The van der Waals surface area contributed by atoms with Gasteiger partial charge in [-0.25, -0.2) is 0 Å². The molecular formula is C18H32O4. The summed E-state index contributed by atoms with van der Waals surface area (Å²) < 4.78 is 0. The number of Topliss-reactive ketones (excluding diaryl/α,β-unsaturated/α-hetero) is 2. The van der Waals surface area contributed by atoms with Gasteiger partial charge in [-0.1, -0.05) is 39.8 Å². The average molecular weight is 312 g/mol. The first-order valence-electron chi connectivity index (χ1n) is 8.31. The minimum Gasteiger partial charge on any atom is -0.396 e. The second-order valence-corrected chi connectivity index (χ2v) is 6.09. The Morgan fingerprint density at radius 3 is 2.14 bits per heavy atom. The largest absolute Gasteiger partial charge is 0.396 e. The number of rotatable bonds is 11. The molecule has 0 aromatic heterocycles. The minimum absolute atomic E-state index is 0.0215. The number of carbonyl (C=O) groups is 2. The molecule has 0 radical (unpaired) electrons. The first-order valence-corrected chi connectivity index (χ1v) is 8.31. The van der Waals surface area contributed by atoms with Crippen molar-refractivity contribution in [2.24, 2.45) is 23.7 Å². The maximum absolute atomic E-state index is 12.7. The number of ketones is 2. The van der Waals surface area contributed by atoms with Gasteiger partial charge in [-0.15, -0.1) is 0 Å². The van der Waals surface area contributed by atoms with Crippen LogP contribution in [0.2, 0.25) is 0 Å². The van der Waals surface area contributed by atoms with Crippen LogP contribution in [0.15, 0.2) is 12.2 Å². The fourth-order valence-electron chi connectivity index (χ4n) is 2.83.